The first kappa shape index (κ1) is 14.3. The van der Waals surface area contributed by atoms with Gasteiger partial charge in [-0.05, 0) is 25.8 Å². The van der Waals surface area contributed by atoms with Gasteiger partial charge in [-0.15, -0.1) is 13.2 Å². The van der Waals surface area contributed by atoms with Crippen LogP contribution in [0.1, 0.15) is 30.1 Å². The van der Waals surface area contributed by atoms with Crippen LogP contribution in [0.25, 0.3) is 0 Å². The Morgan fingerprint density at radius 3 is 2.61 bits per heavy atom. The predicted octanol–water partition coefficient (Wildman–Crippen LogP) is 2.02. The number of carbonyl (C=O) groups is 1. The Balaban J connectivity index is 2.72. The molecular formula is C14H20N2O2. The van der Waals surface area contributed by atoms with E-state index >= 15 is 0 Å². The van der Waals surface area contributed by atoms with Gasteiger partial charge in [0, 0.05) is 12.4 Å². The average molecular weight is 248 g/mol. The molecule has 1 aromatic heterocycles. The quantitative estimate of drug-likeness (QED) is 0.646. The highest BCUT2D eigenvalue weighted by atomic mass is 16.3. The summed E-state index contributed by atoms with van der Waals surface area (Å²) in [5, 5.41) is 13.2. The van der Waals surface area contributed by atoms with Gasteiger partial charge in [0.05, 0.1) is 17.2 Å². The first-order chi connectivity index (χ1) is 8.53. The Morgan fingerprint density at radius 2 is 2.17 bits per heavy atom. The van der Waals surface area contributed by atoms with E-state index in [0.29, 0.717) is 18.4 Å². The van der Waals surface area contributed by atoms with E-state index in [9.17, 15) is 9.90 Å². The minimum Gasteiger partial charge on any atom is -0.387 e. The Bertz CT molecular complexity index is 399. The molecule has 1 rings (SSSR count). The van der Waals surface area contributed by atoms with Crippen LogP contribution in [0.4, 0.5) is 0 Å². The summed E-state index contributed by atoms with van der Waals surface area (Å²) in [6.07, 6.45) is 7.37. The van der Waals surface area contributed by atoms with Crippen molar-refractivity contribution >= 4 is 5.91 Å². The van der Waals surface area contributed by atoms with Crippen molar-refractivity contribution in [3.05, 3.63) is 49.3 Å². The number of H-pyrrole nitrogens is 1. The molecule has 4 nitrogen and oxygen atoms in total. The lowest BCUT2D eigenvalue weighted by molar-refractivity contribution is 0.0127. The minimum absolute atomic E-state index is 0.213. The summed E-state index contributed by atoms with van der Waals surface area (Å²) in [5.74, 6) is -0.213. The summed E-state index contributed by atoms with van der Waals surface area (Å²) in [4.78, 5) is 14.7. The van der Waals surface area contributed by atoms with Crippen molar-refractivity contribution in [3.8, 4) is 0 Å². The third kappa shape index (κ3) is 3.34. The average Bonchev–Trinajstić information content (AvgIpc) is 2.82. The lowest BCUT2D eigenvalue weighted by Crippen LogP contribution is -2.50. The maximum atomic E-state index is 11.9. The smallest absolute Gasteiger partial charge is 0.253 e. The largest absolute Gasteiger partial charge is 0.387 e. The van der Waals surface area contributed by atoms with Crippen molar-refractivity contribution in [2.45, 2.75) is 31.4 Å². The van der Waals surface area contributed by atoms with E-state index in [1.54, 1.807) is 37.5 Å². The van der Waals surface area contributed by atoms with Crippen LogP contribution in [0.2, 0.25) is 0 Å². The minimum atomic E-state index is -1.05. The third-order valence-corrected chi connectivity index (χ3v) is 3.01. The molecule has 0 saturated heterocycles. The van der Waals surface area contributed by atoms with Crippen LogP contribution in [0.15, 0.2) is 43.8 Å². The van der Waals surface area contributed by atoms with Crippen LogP contribution in [0, 0.1) is 0 Å². The fourth-order valence-corrected chi connectivity index (χ4v) is 1.82. The summed E-state index contributed by atoms with van der Waals surface area (Å²) < 4.78 is 0. The van der Waals surface area contributed by atoms with Gasteiger partial charge < -0.3 is 15.4 Å². The number of nitrogens with one attached hydrogen (secondary N) is 2. The van der Waals surface area contributed by atoms with Crippen molar-refractivity contribution in [3.63, 3.8) is 0 Å². The van der Waals surface area contributed by atoms with Gasteiger partial charge in [-0.3, -0.25) is 4.79 Å². The molecule has 1 amide bonds. The van der Waals surface area contributed by atoms with Crippen LogP contribution in [0.5, 0.6) is 0 Å². The van der Waals surface area contributed by atoms with Crippen molar-refractivity contribution < 1.29 is 9.90 Å². The fraction of sp³-hybridized carbons (Fsp3) is 0.357. The number of hydrogen-bond acceptors (Lipinski definition) is 2. The maximum Gasteiger partial charge on any atom is 0.253 e. The number of aromatic nitrogens is 1. The van der Waals surface area contributed by atoms with E-state index in [4.69, 9.17) is 0 Å². The summed E-state index contributed by atoms with van der Waals surface area (Å²) in [6, 6.07) is 1.29. The van der Waals surface area contributed by atoms with Gasteiger partial charge in [-0.2, -0.15) is 0 Å². The Morgan fingerprint density at radius 1 is 1.56 bits per heavy atom. The second-order valence-corrected chi connectivity index (χ2v) is 4.38. The monoisotopic (exact) mass is 248 g/mol. The van der Waals surface area contributed by atoms with Crippen molar-refractivity contribution in [1.29, 1.82) is 0 Å². The molecule has 18 heavy (non-hydrogen) atoms. The molecule has 4 heteroatoms. The standard InChI is InChI=1S/C14H20N2O2/c1-4-7-14(18,8-5-2)11(3)16-13(17)12-6-9-15-10-12/h4-6,9-11,15,18H,1-2,7-8H2,3H3,(H,16,17)/t11-/m1/s1. The summed E-state index contributed by atoms with van der Waals surface area (Å²) in [6.45, 7) is 9.03. The molecular weight excluding hydrogens is 228 g/mol. The molecule has 0 fully saturated rings. The molecule has 0 spiro atoms. The Labute approximate surface area is 107 Å². The highest BCUT2D eigenvalue weighted by molar-refractivity contribution is 5.94. The highest BCUT2D eigenvalue weighted by Gasteiger charge is 2.32. The second-order valence-electron chi connectivity index (χ2n) is 4.38. The molecule has 0 aliphatic heterocycles. The zero-order chi connectivity index (χ0) is 13.6. The molecule has 0 aliphatic rings. The molecule has 3 N–H and O–H groups in total. The number of carbonyl (C=O) groups excluding carboxylic acids is 1. The second kappa shape index (κ2) is 6.21. The van der Waals surface area contributed by atoms with Crippen LogP contribution < -0.4 is 5.32 Å². The molecule has 0 unspecified atom stereocenters. The van der Waals surface area contributed by atoms with Gasteiger partial charge >= 0.3 is 0 Å². The molecule has 0 saturated carbocycles. The SMILES string of the molecule is C=CCC(O)(CC=C)[C@@H](C)NC(=O)c1cc[nH]c1. The topological polar surface area (TPSA) is 65.1 Å². The lowest BCUT2D eigenvalue weighted by atomic mass is 9.88. The van der Waals surface area contributed by atoms with E-state index in [-0.39, 0.29) is 5.91 Å². The van der Waals surface area contributed by atoms with Gasteiger partial charge in [0.25, 0.3) is 5.91 Å². The molecule has 0 aromatic carbocycles. The van der Waals surface area contributed by atoms with Crippen LogP contribution in [0.3, 0.4) is 0 Å². The maximum absolute atomic E-state index is 11.9. The van der Waals surface area contributed by atoms with Crippen LogP contribution in [-0.2, 0) is 0 Å². The summed E-state index contributed by atoms with van der Waals surface area (Å²) in [7, 11) is 0. The number of aromatic amines is 1. The predicted molar refractivity (Wildman–Crippen MR) is 72.3 cm³/mol. The first-order valence-electron chi connectivity index (χ1n) is 5.91. The third-order valence-electron chi connectivity index (χ3n) is 3.01. The van der Waals surface area contributed by atoms with E-state index in [0.717, 1.165) is 0 Å². The number of aliphatic hydroxyl groups is 1. The Kier molecular flexibility index (Phi) is 4.92. The van der Waals surface area contributed by atoms with Gasteiger partial charge in [-0.25, -0.2) is 0 Å². The van der Waals surface area contributed by atoms with Crippen molar-refractivity contribution in [2.24, 2.45) is 0 Å². The van der Waals surface area contributed by atoms with Crippen LogP contribution in [-0.4, -0.2) is 27.6 Å². The number of hydrogen-bond donors (Lipinski definition) is 3. The molecule has 1 atom stereocenters. The van der Waals surface area contributed by atoms with E-state index < -0.39 is 11.6 Å². The van der Waals surface area contributed by atoms with Gasteiger partial charge in [0.2, 0.25) is 0 Å². The first-order valence-corrected chi connectivity index (χ1v) is 5.91. The normalized spacial score (nSPS) is 12.8. The number of rotatable bonds is 7. The zero-order valence-corrected chi connectivity index (χ0v) is 10.6. The van der Waals surface area contributed by atoms with E-state index in [1.165, 1.54) is 0 Å². The summed E-state index contributed by atoms with van der Waals surface area (Å²) in [5.41, 5.74) is -0.503. The lowest BCUT2D eigenvalue weighted by Gasteiger charge is -2.33. The van der Waals surface area contributed by atoms with Gasteiger partial charge in [0.15, 0.2) is 0 Å². The van der Waals surface area contributed by atoms with Crippen molar-refractivity contribution in [1.82, 2.24) is 10.3 Å². The molecule has 1 heterocycles. The molecule has 0 bridgehead atoms. The molecule has 1 aromatic rings. The molecule has 0 aliphatic carbocycles. The highest BCUT2D eigenvalue weighted by Crippen LogP contribution is 2.21. The number of amides is 1. The van der Waals surface area contributed by atoms with Crippen LogP contribution >= 0.6 is 0 Å². The Hall–Kier alpha value is -1.81. The zero-order valence-electron chi connectivity index (χ0n) is 10.6. The molecule has 98 valence electrons. The summed E-state index contributed by atoms with van der Waals surface area (Å²) >= 11 is 0. The van der Waals surface area contributed by atoms with E-state index in [2.05, 4.69) is 23.5 Å². The van der Waals surface area contributed by atoms with Gasteiger partial charge in [-0.1, -0.05) is 12.2 Å². The van der Waals surface area contributed by atoms with E-state index in [1.807, 2.05) is 0 Å². The van der Waals surface area contributed by atoms with Gasteiger partial charge in [0.1, 0.15) is 0 Å². The fourth-order valence-electron chi connectivity index (χ4n) is 1.82. The molecule has 0 radical (unpaired) electrons. The van der Waals surface area contributed by atoms with Crippen molar-refractivity contribution in [2.75, 3.05) is 0 Å².